The Balaban J connectivity index is 1.93. The molecule has 0 radical (unpaired) electrons. The maximum absolute atomic E-state index is 13.5. The third kappa shape index (κ3) is 4.17. The zero-order chi connectivity index (χ0) is 14.2. The molecule has 20 heavy (non-hydrogen) atoms. The van der Waals surface area contributed by atoms with E-state index in [1.54, 1.807) is 37.6 Å². The molecule has 0 aliphatic rings. The van der Waals surface area contributed by atoms with Gasteiger partial charge in [0, 0.05) is 32.0 Å². The summed E-state index contributed by atoms with van der Waals surface area (Å²) in [5, 5.41) is 6.10. The lowest BCUT2D eigenvalue weighted by molar-refractivity contribution is 0.210. The summed E-state index contributed by atoms with van der Waals surface area (Å²) in [6, 6.07) is 8.39. The Kier molecular flexibility index (Phi) is 5.25. The third-order valence-corrected chi connectivity index (χ3v) is 2.66. The molecule has 2 aromatic rings. The molecule has 0 bridgehead atoms. The maximum Gasteiger partial charge on any atom is 0.224 e. The van der Waals surface area contributed by atoms with Gasteiger partial charge in [0.1, 0.15) is 11.6 Å². The van der Waals surface area contributed by atoms with E-state index in [0.29, 0.717) is 37.0 Å². The van der Waals surface area contributed by atoms with Crippen molar-refractivity contribution in [2.24, 2.45) is 0 Å². The number of rotatable bonds is 7. The Morgan fingerprint density at radius 3 is 2.85 bits per heavy atom. The first kappa shape index (κ1) is 14.2. The zero-order valence-electron chi connectivity index (χ0n) is 11.3. The first-order valence-corrected chi connectivity index (χ1v) is 6.32. The molecule has 0 saturated heterocycles. The smallest absolute Gasteiger partial charge is 0.224 e. The Morgan fingerprint density at radius 1 is 1.20 bits per heavy atom. The fourth-order valence-corrected chi connectivity index (χ4v) is 1.63. The standard InChI is InChI=1S/C14H17FN4O/c1-20-9-8-17-14-16-7-6-13(19-14)18-10-11-4-2-3-5-12(11)15/h2-7H,8-10H2,1H3,(H2,16,17,18,19). The van der Waals surface area contributed by atoms with Crippen molar-refractivity contribution in [2.75, 3.05) is 30.9 Å². The van der Waals surface area contributed by atoms with Crippen molar-refractivity contribution in [3.63, 3.8) is 0 Å². The number of halogens is 1. The van der Waals surface area contributed by atoms with Crippen molar-refractivity contribution in [1.82, 2.24) is 9.97 Å². The van der Waals surface area contributed by atoms with Gasteiger partial charge in [-0.25, -0.2) is 9.37 Å². The predicted octanol–water partition coefficient (Wildman–Crippen LogP) is 2.29. The molecule has 1 heterocycles. The molecule has 2 N–H and O–H groups in total. The van der Waals surface area contributed by atoms with Crippen LogP contribution in [0.2, 0.25) is 0 Å². The monoisotopic (exact) mass is 276 g/mol. The lowest BCUT2D eigenvalue weighted by atomic mass is 10.2. The first-order valence-electron chi connectivity index (χ1n) is 6.32. The molecule has 106 valence electrons. The highest BCUT2D eigenvalue weighted by molar-refractivity contribution is 5.40. The fraction of sp³-hybridized carbons (Fsp3) is 0.286. The van der Waals surface area contributed by atoms with Crippen molar-refractivity contribution in [2.45, 2.75) is 6.54 Å². The van der Waals surface area contributed by atoms with E-state index in [1.165, 1.54) is 6.07 Å². The van der Waals surface area contributed by atoms with Crippen molar-refractivity contribution in [1.29, 1.82) is 0 Å². The minimum absolute atomic E-state index is 0.229. The number of hydrogen-bond acceptors (Lipinski definition) is 5. The molecule has 2 rings (SSSR count). The van der Waals surface area contributed by atoms with E-state index in [-0.39, 0.29) is 5.82 Å². The van der Waals surface area contributed by atoms with Crippen molar-refractivity contribution in [3.05, 3.63) is 47.9 Å². The Hall–Kier alpha value is -2.21. The van der Waals surface area contributed by atoms with Gasteiger partial charge in [0.05, 0.1) is 6.61 Å². The topological polar surface area (TPSA) is 59.1 Å². The summed E-state index contributed by atoms with van der Waals surface area (Å²) in [6.45, 7) is 1.59. The van der Waals surface area contributed by atoms with Crippen LogP contribution in [0.5, 0.6) is 0 Å². The van der Waals surface area contributed by atoms with E-state index in [1.807, 2.05) is 0 Å². The average molecular weight is 276 g/mol. The molecule has 0 fully saturated rings. The van der Waals surface area contributed by atoms with Gasteiger partial charge in [0.2, 0.25) is 5.95 Å². The molecule has 0 aliphatic heterocycles. The highest BCUT2D eigenvalue weighted by Crippen LogP contribution is 2.10. The van der Waals surface area contributed by atoms with Gasteiger partial charge in [0.15, 0.2) is 0 Å². The largest absolute Gasteiger partial charge is 0.383 e. The predicted molar refractivity (Wildman–Crippen MR) is 76.1 cm³/mol. The Labute approximate surface area is 117 Å². The second-order valence-electron chi connectivity index (χ2n) is 4.13. The highest BCUT2D eigenvalue weighted by Gasteiger charge is 2.02. The van der Waals surface area contributed by atoms with Crippen LogP contribution in [0.1, 0.15) is 5.56 Å². The average Bonchev–Trinajstić information content (AvgIpc) is 2.47. The molecule has 0 atom stereocenters. The van der Waals surface area contributed by atoms with Gasteiger partial charge in [-0.05, 0) is 12.1 Å². The molecular formula is C14H17FN4O. The minimum atomic E-state index is -0.229. The number of nitrogens with zero attached hydrogens (tertiary/aromatic N) is 2. The summed E-state index contributed by atoms with van der Waals surface area (Å²) in [5.74, 6) is 0.927. The summed E-state index contributed by atoms with van der Waals surface area (Å²) in [6.07, 6.45) is 1.64. The van der Waals surface area contributed by atoms with E-state index < -0.39 is 0 Å². The third-order valence-electron chi connectivity index (χ3n) is 2.66. The molecule has 6 heteroatoms. The van der Waals surface area contributed by atoms with Crippen LogP contribution in [0.25, 0.3) is 0 Å². The SMILES string of the molecule is COCCNc1nccc(NCc2ccccc2F)n1. The Bertz CT molecular complexity index is 550. The lowest BCUT2D eigenvalue weighted by Gasteiger charge is -2.08. The summed E-state index contributed by atoms with van der Waals surface area (Å²) >= 11 is 0. The van der Waals surface area contributed by atoms with Crippen LogP contribution in [0.4, 0.5) is 16.2 Å². The quantitative estimate of drug-likeness (QED) is 0.760. The normalized spacial score (nSPS) is 10.3. The number of aromatic nitrogens is 2. The highest BCUT2D eigenvalue weighted by atomic mass is 19.1. The number of ether oxygens (including phenoxy) is 1. The van der Waals surface area contributed by atoms with Gasteiger partial charge in [-0.1, -0.05) is 18.2 Å². The van der Waals surface area contributed by atoms with Gasteiger partial charge >= 0.3 is 0 Å². The second kappa shape index (κ2) is 7.40. The summed E-state index contributed by atoms with van der Waals surface area (Å²) in [7, 11) is 1.63. The van der Waals surface area contributed by atoms with Crippen LogP contribution in [0.15, 0.2) is 36.5 Å². The molecule has 0 amide bonds. The van der Waals surface area contributed by atoms with Crippen molar-refractivity contribution < 1.29 is 9.13 Å². The molecule has 0 spiro atoms. The molecule has 1 aromatic heterocycles. The van der Waals surface area contributed by atoms with Crippen LogP contribution in [0, 0.1) is 5.82 Å². The minimum Gasteiger partial charge on any atom is -0.383 e. The van der Waals surface area contributed by atoms with E-state index in [9.17, 15) is 4.39 Å². The van der Waals surface area contributed by atoms with Crippen LogP contribution in [0.3, 0.4) is 0 Å². The number of benzene rings is 1. The van der Waals surface area contributed by atoms with Crippen LogP contribution in [-0.2, 0) is 11.3 Å². The van der Waals surface area contributed by atoms with Crippen molar-refractivity contribution in [3.8, 4) is 0 Å². The Morgan fingerprint density at radius 2 is 2.05 bits per heavy atom. The van der Waals surface area contributed by atoms with E-state index in [0.717, 1.165) is 0 Å². The molecule has 0 aliphatic carbocycles. The van der Waals surface area contributed by atoms with Gasteiger partial charge in [-0.2, -0.15) is 4.98 Å². The summed E-state index contributed by atoms with van der Waals surface area (Å²) in [4.78, 5) is 8.37. The van der Waals surface area contributed by atoms with Crippen LogP contribution >= 0.6 is 0 Å². The van der Waals surface area contributed by atoms with Crippen molar-refractivity contribution >= 4 is 11.8 Å². The van der Waals surface area contributed by atoms with E-state index in [4.69, 9.17) is 4.74 Å². The van der Waals surface area contributed by atoms with Gasteiger partial charge in [-0.15, -0.1) is 0 Å². The fourth-order valence-electron chi connectivity index (χ4n) is 1.63. The number of nitrogens with one attached hydrogen (secondary N) is 2. The van der Waals surface area contributed by atoms with E-state index in [2.05, 4.69) is 20.6 Å². The molecular weight excluding hydrogens is 259 g/mol. The molecule has 5 nitrogen and oxygen atoms in total. The number of hydrogen-bond donors (Lipinski definition) is 2. The first-order chi connectivity index (χ1) is 9.79. The molecule has 1 aromatic carbocycles. The zero-order valence-corrected chi connectivity index (χ0v) is 11.3. The molecule has 0 saturated carbocycles. The van der Waals surface area contributed by atoms with Gasteiger partial charge in [-0.3, -0.25) is 0 Å². The van der Waals surface area contributed by atoms with Gasteiger partial charge in [0.25, 0.3) is 0 Å². The second-order valence-corrected chi connectivity index (χ2v) is 4.13. The van der Waals surface area contributed by atoms with Gasteiger partial charge < -0.3 is 15.4 Å². The number of methoxy groups -OCH3 is 1. The summed E-state index contributed by atoms with van der Waals surface area (Å²) in [5.41, 5.74) is 0.597. The maximum atomic E-state index is 13.5. The van der Waals surface area contributed by atoms with E-state index >= 15 is 0 Å². The van der Waals surface area contributed by atoms with Crippen LogP contribution in [-0.4, -0.2) is 30.2 Å². The molecule has 0 unspecified atom stereocenters. The van der Waals surface area contributed by atoms with Crippen LogP contribution < -0.4 is 10.6 Å². The number of anilines is 2. The lowest BCUT2D eigenvalue weighted by Crippen LogP contribution is -2.11. The summed E-state index contributed by atoms with van der Waals surface area (Å²) < 4.78 is 18.4.